The van der Waals surface area contributed by atoms with Crippen LogP contribution in [0.5, 0.6) is 0 Å². The van der Waals surface area contributed by atoms with Gasteiger partial charge in [0.25, 0.3) is 5.91 Å². The first-order valence-electron chi connectivity index (χ1n) is 4.81. The Bertz CT molecular complexity index is 379. The molecule has 2 rings (SSSR count). The third-order valence-corrected chi connectivity index (χ3v) is 4.79. The zero-order valence-electron chi connectivity index (χ0n) is 8.31. The Balaban J connectivity index is 2.19. The fourth-order valence-corrected chi connectivity index (χ4v) is 3.64. The first-order valence-corrected chi connectivity index (χ1v) is 6.77. The van der Waals surface area contributed by atoms with Gasteiger partial charge in [0.2, 0.25) is 0 Å². The van der Waals surface area contributed by atoms with Crippen molar-refractivity contribution in [1.82, 2.24) is 4.90 Å². The lowest BCUT2D eigenvalue weighted by Gasteiger charge is -2.20. The molecule has 5 heteroatoms. The van der Waals surface area contributed by atoms with E-state index in [4.69, 9.17) is 0 Å². The van der Waals surface area contributed by atoms with E-state index in [1.165, 1.54) is 11.3 Å². The van der Waals surface area contributed by atoms with Gasteiger partial charge in [0.1, 0.15) is 4.88 Å². The van der Waals surface area contributed by atoms with Gasteiger partial charge in [0.15, 0.2) is 0 Å². The van der Waals surface area contributed by atoms with Gasteiger partial charge >= 0.3 is 0 Å². The molecular weight excluding hydrogens is 325 g/mol. The average Bonchev–Trinajstić information content (AvgIpc) is 2.71. The van der Waals surface area contributed by atoms with E-state index < -0.39 is 0 Å². The number of halogens is 1. The second-order valence-electron chi connectivity index (χ2n) is 3.79. The van der Waals surface area contributed by atoms with Crippen LogP contribution >= 0.6 is 33.9 Å². The molecule has 1 aromatic heterocycles. The number of nitrogens with zero attached hydrogens (tertiary/aromatic N) is 1. The van der Waals surface area contributed by atoms with Gasteiger partial charge in [0.05, 0.1) is 6.10 Å². The molecule has 0 radical (unpaired) electrons. The predicted octanol–water partition coefficient (Wildman–Crippen LogP) is 1.95. The number of carbonyl (C=O) groups excluding carboxylic acids is 1. The van der Waals surface area contributed by atoms with Crippen molar-refractivity contribution >= 4 is 39.8 Å². The Morgan fingerprint density at radius 2 is 2.47 bits per heavy atom. The molecule has 1 aliphatic rings. The number of likely N-dealkylation sites (tertiary alicyclic amines) is 1. The van der Waals surface area contributed by atoms with Crippen LogP contribution in [-0.2, 0) is 0 Å². The summed E-state index contributed by atoms with van der Waals surface area (Å²) in [5.74, 6) is 0.0541. The summed E-state index contributed by atoms with van der Waals surface area (Å²) in [6.07, 6.45) is 0.329. The Labute approximate surface area is 106 Å². The van der Waals surface area contributed by atoms with Crippen molar-refractivity contribution < 1.29 is 9.90 Å². The third-order valence-electron chi connectivity index (χ3n) is 2.62. The van der Waals surface area contributed by atoms with E-state index >= 15 is 0 Å². The summed E-state index contributed by atoms with van der Waals surface area (Å²) in [6, 6.07) is 2.08. The molecule has 1 aromatic rings. The Morgan fingerprint density at radius 1 is 1.73 bits per heavy atom. The smallest absolute Gasteiger partial charge is 0.265 e. The minimum Gasteiger partial charge on any atom is -0.391 e. The van der Waals surface area contributed by atoms with Crippen molar-refractivity contribution in [2.45, 2.75) is 25.5 Å². The summed E-state index contributed by atoms with van der Waals surface area (Å²) in [5, 5.41) is 11.4. The number of β-amino-alcohol motifs (C(OH)–C–C–N with tert-alkyl or cyclic N) is 1. The molecule has 2 unspecified atom stereocenters. The van der Waals surface area contributed by atoms with Gasteiger partial charge in [-0.25, -0.2) is 0 Å². The van der Waals surface area contributed by atoms with Crippen LogP contribution in [0.3, 0.4) is 0 Å². The second kappa shape index (κ2) is 4.39. The molecule has 15 heavy (non-hydrogen) atoms. The van der Waals surface area contributed by atoms with Crippen LogP contribution in [-0.4, -0.2) is 34.6 Å². The zero-order chi connectivity index (χ0) is 11.0. The third kappa shape index (κ3) is 2.19. The SMILES string of the molecule is CC1CC(O)CN1C(=O)c1sccc1I. The number of hydrogen-bond donors (Lipinski definition) is 1. The van der Waals surface area contributed by atoms with E-state index in [0.717, 1.165) is 8.45 Å². The molecule has 0 bridgehead atoms. The fourth-order valence-electron chi connectivity index (χ4n) is 1.86. The largest absolute Gasteiger partial charge is 0.391 e. The number of amides is 1. The van der Waals surface area contributed by atoms with Crippen LogP contribution in [0.25, 0.3) is 0 Å². The molecule has 1 amide bonds. The maximum absolute atomic E-state index is 12.1. The first kappa shape index (κ1) is 11.3. The Kier molecular flexibility index (Phi) is 3.32. The molecule has 2 heterocycles. The average molecular weight is 337 g/mol. The highest BCUT2D eigenvalue weighted by Gasteiger charge is 2.32. The van der Waals surface area contributed by atoms with Gasteiger partial charge in [-0.05, 0) is 47.4 Å². The molecule has 0 aliphatic carbocycles. The number of thiophene rings is 1. The molecule has 1 fully saturated rings. The van der Waals surface area contributed by atoms with Crippen LogP contribution in [0.4, 0.5) is 0 Å². The van der Waals surface area contributed by atoms with E-state index in [-0.39, 0.29) is 18.1 Å². The second-order valence-corrected chi connectivity index (χ2v) is 5.87. The monoisotopic (exact) mass is 337 g/mol. The van der Waals surface area contributed by atoms with Crippen molar-refractivity contribution in [2.75, 3.05) is 6.54 Å². The summed E-state index contributed by atoms with van der Waals surface area (Å²) in [5.41, 5.74) is 0. The topological polar surface area (TPSA) is 40.5 Å². The van der Waals surface area contributed by atoms with Crippen molar-refractivity contribution in [1.29, 1.82) is 0 Å². The summed E-state index contributed by atoms with van der Waals surface area (Å²) in [7, 11) is 0. The van der Waals surface area contributed by atoms with Gasteiger partial charge in [-0.3, -0.25) is 4.79 Å². The van der Waals surface area contributed by atoms with E-state index in [2.05, 4.69) is 22.6 Å². The van der Waals surface area contributed by atoms with Crippen LogP contribution in [0.1, 0.15) is 23.0 Å². The number of hydrogen-bond acceptors (Lipinski definition) is 3. The molecule has 2 atom stereocenters. The Hall–Kier alpha value is -0.140. The Morgan fingerprint density at radius 3 is 2.93 bits per heavy atom. The van der Waals surface area contributed by atoms with Gasteiger partial charge in [-0.15, -0.1) is 11.3 Å². The highest BCUT2D eigenvalue weighted by Crippen LogP contribution is 2.25. The van der Waals surface area contributed by atoms with Crippen LogP contribution in [0, 0.1) is 3.57 Å². The molecule has 0 spiro atoms. The van der Waals surface area contributed by atoms with E-state index in [0.29, 0.717) is 13.0 Å². The molecule has 1 saturated heterocycles. The number of aliphatic hydroxyl groups excluding tert-OH is 1. The number of rotatable bonds is 1. The van der Waals surface area contributed by atoms with Crippen molar-refractivity contribution in [2.24, 2.45) is 0 Å². The number of carbonyl (C=O) groups is 1. The highest BCUT2D eigenvalue weighted by atomic mass is 127. The summed E-state index contributed by atoms with van der Waals surface area (Å²) >= 11 is 3.64. The summed E-state index contributed by atoms with van der Waals surface area (Å²) in [6.45, 7) is 2.45. The highest BCUT2D eigenvalue weighted by molar-refractivity contribution is 14.1. The molecule has 3 nitrogen and oxygen atoms in total. The quantitative estimate of drug-likeness (QED) is 0.796. The van der Waals surface area contributed by atoms with Gasteiger partial charge in [-0.1, -0.05) is 0 Å². The van der Waals surface area contributed by atoms with Gasteiger partial charge in [-0.2, -0.15) is 0 Å². The predicted molar refractivity (Wildman–Crippen MR) is 68.2 cm³/mol. The first-order chi connectivity index (χ1) is 7.09. The fraction of sp³-hybridized carbons (Fsp3) is 0.500. The van der Waals surface area contributed by atoms with Crippen LogP contribution in [0.15, 0.2) is 11.4 Å². The lowest BCUT2D eigenvalue weighted by Crippen LogP contribution is -2.34. The van der Waals surface area contributed by atoms with Gasteiger partial charge < -0.3 is 10.0 Å². The van der Waals surface area contributed by atoms with E-state index in [1.807, 2.05) is 18.4 Å². The standard InChI is InChI=1S/C10H12INO2S/c1-6-4-7(13)5-12(6)10(14)9-8(11)2-3-15-9/h2-3,6-7,13H,4-5H2,1H3. The molecule has 0 saturated carbocycles. The lowest BCUT2D eigenvalue weighted by atomic mass is 10.2. The van der Waals surface area contributed by atoms with Crippen LogP contribution < -0.4 is 0 Å². The van der Waals surface area contributed by atoms with Crippen LogP contribution in [0.2, 0.25) is 0 Å². The van der Waals surface area contributed by atoms with Gasteiger partial charge in [0, 0.05) is 16.2 Å². The molecular formula is C10H12INO2S. The molecule has 1 aliphatic heterocycles. The summed E-state index contributed by atoms with van der Waals surface area (Å²) in [4.78, 5) is 14.7. The zero-order valence-corrected chi connectivity index (χ0v) is 11.3. The van der Waals surface area contributed by atoms with Crippen molar-refractivity contribution in [3.63, 3.8) is 0 Å². The molecule has 1 N–H and O–H groups in total. The van der Waals surface area contributed by atoms with E-state index in [9.17, 15) is 9.90 Å². The minimum atomic E-state index is -0.360. The van der Waals surface area contributed by atoms with Crippen molar-refractivity contribution in [3.05, 3.63) is 19.9 Å². The lowest BCUT2D eigenvalue weighted by molar-refractivity contribution is 0.0730. The number of aliphatic hydroxyl groups is 1. The minimum absolute atomic E-state index is 0.0541. The maximum atomic E-state index is 12.1. The van der Waals surface area contributed by atoms with Crippen molar-refractivity contribution in [3.8, 4) is 0 Å². The molecule has 82 valence electrons. The van der Waals surface area contributed by atoms with E-state index in [1.54, 1.807) is 4.90 Å². The summed E-state index contributed by atoms with van der Waals surface area (Å²) < 4.78 is 0.996. The maximum Gasteiger partial charge on any atom is 0.265 e. The molecule has 0 aromatic carbocycles. The normalized spacial score (nSPS) is 25.9.